The van der Waals surface area contributed by atoms with Crippen LogP contribution in [0, 0.1) is 6.92 Å². The van der Waals surface area contributed by atoms with Gasteiger partial charge in [-0.15, -0.1) is 0 Å². The van der Waals surface area contributed by atoms with Gasteiger partial charge in [-0.2, -0.15) is 0 Å². The molecular formula is C19H21N. The van der Waals surface area contributed by atoms with Crippen LogP contribution in [0.2, 0.25) is 0 Å². The van der Waals surface area contributed by atoms with Crippen molar-refractivity contribution in [2.75, 3.05) is 0 Å². The van der Waals surface area contributed by atoms with Crippen LogP contribution in [0.3, 0.4) is 0 Å². The molecule has 1 nitrogen and oxygen atoms in total. The van der Waals surface area contributed by atoms with Gasteiger partial charge >= 0.3 is 0 Å². The molecule has 3 rings (SSSR count). The zero-order chi connectivity index (χ0) is 13.9. The van der Waals surface area contributed by atoms with Gasteiger partial charge in [-0.3, -0.25) is 0 Å². The molecule has 0 spiro atoms. The highest BCUT2D eigenvalue weighted by Gasteiger charge is 2.17. The van der Waals surface area contributed by atoms with Crippen LogP contribution in [0.25, 0.3) is 5.57 Å². The normalized spacial score (nSPS) is 13.6. The van der Waals surface area contributed by atoms with Gasteiger partial charge in [0.2, 0.25) is 0 Å². The van der Waals surface area contributed by atoms with E-state index in [-0.39, 0.29) is 0 Å². The summed E-state index contributed by atoms with van der Waals surface area (Å²) in [5.74, 6) is 0. The SMILES string of the molecule is C=C1CCc2cc(CNCc3ccccc3)cc(C)c21. The average molecular weight is 263 g/mol. The Bertz CT molecular complexity index is 626. The van der Waals surface area contributed by atoms with Crippen molar-refractivity contribution in [3.63, 3.8) is 0 Å². The monoisotopic (exact) mass is 263 g/mol. The first-order valence-corrected chi connectivity index (χ1v) is 7.29. The molecule has 2 aromatic rings. The third-order valence-corrected chi connectivity index (χ3v) is 4.03. The molecule has 0 heterocycles. The summed E-state index contributed by atoms with van der Waals surface area (Å²) in [6.45, 7) is 8.22. The quantitative estimate of drug-likeness (QED) is 0.869. The Morgan fingerprint density at radius 3 is 2.55 bits per heavy atom. The van der Waals surface area contributed by atoms with Crippen LogP contribution in [0.1, 0.15) is 34.2 Å². The van der Waals surface area contributed by atoms with E-state index in [0.29, 0.717) is 0 Å². The first-order chi connectivity index (χ1) is 9.74. The summed E-state index contributed by atoms with van der Waals surface area (Å²) < 4.78 is 0. The number of benzene rings is 2. The van der Waals surface area contributed by atoms with Crippen LogP contribution in [0.15, 0.2) is 49.0 Å². The minimum absolute atomic E-state index is 0.920. The van der Waals surface area contributed by atoms with E-state index in [1.165, 1.54) is 33.4 Å². The molecule has 20 heavy (non-hydrogen) atoms. The number of nitrogens with one attached hydrogen (secondary N) is 1. The van der Waals surface area contributed by atoms with Crippen LogP contribution >= 0.6 is 0 Å². The highest BCUT2D eigenvalue weighted by atomic mass is 14.8. The van der Waals surface area contributed by atoms with Gasteiger partial charge in [-0.25, -0.2) is 0 Å². The molecule has 102 valence electrons. The summed E-state index contributed by atoms with van der Waals surface area (Å²) >= 11 is 0. The maximum absolute atomic E-state index is 4.17. The fourth-order valence-corrected chi connectivity index (χ4v) is 3.10. The molecule has 0 saturated heterocycles. The molecule has 0 radical (unpaired) electrons. The van der Waals surface area contributed by atoms with Crippen molar-refractivity contribution < 1.29 is 0 Å². The second kappa shape index (κ2) is 5.64. The molecule has 1 N–H and O–H groups in total. The Hall–Kier alpha value is -1.86. The molecule has 1 aliphatic carbocycles. The zero-order valence-electron chi connectivity index (χ0n) is 12.1. The molecule has 1 aliphatic rings. The molecule has 0 bridgehead atoms. The van der Waals surface area contributed by atoms with E-state index in [4.69, 9.17) is 0 Å². The van der Waals surface area contributed by atoms with Crippen molar-refractivity contribution in [3.8, 4) is 0 Å². The second-order valence-electron chi connectivity index (χ2n) is 5.64. The van der Waals surface area contributed by atoms with Gasteiger partial charge in [-0.1, -0.05) is 49.0 Å². The summed E-state index contributed by atoms with van der Waals surface area (Å²) in [6, 6.07) is 15.2. The van der Waals surface area contributed by atoms with E-state index in [1.807, 2.05) is 0 Å². The number of hydrogen-bond acceptors (Lipinski definition) is 1. The molecule has 0 unspecified atom stereocenters. The fourth-order valence-electron chi connectivity index (χ4n) is 3.10. The highest BCUT2D eigenvalue weighted by molar-refractivity contribution is 5.73. The average Bonchev–Trinajstić information content (AvgIpc) is 2.82. The number of aryl methyl sites for hydroxylation is 2. The Morgan fingerprint density at radius 1 is 1.00 bits per heavy atom. The summed E-state index contributed by atoms with van der Waals surface area (Å²) in [4.78, 5) is 0. The van der Waals surface area contributed by atoms with Crippen LogP contribution in [0.5, 0.6) is 0 Å². The van der Waals surface area contributed by atoms with Crippen molar-refractivity contribution >= 4 is 5.57 Å². The first kappa shape index (κ1) is 13.1. The van der Waals surface area contributed by atoms with Crippen molar-refractivity contribution in [1.82, 2.24) is 5.32 Å². The molecule has 0 saturated carbocycles. The first-order valence-electron chi connectivity index (χ1n) is 7.29. The minimum Gasteiger partial charge on any atom is -0.309 e. The molecule has 0 amide bonds. The maximum Gasteiger partial charge on any atom is 0.0208 e. The van der Waals surface area contributed by atoms with E-state index in [0.717, 1.165) is 25.9 Å². The summed E-state index contributed by atoms with van der Waals surface area (Å²) in [5.41, 5.74) is 8.29. The van der Waals surface area contributed by atoms with Crippen LogP contribution in [0.4, 0.5) is 0 Å². The van der Waals surface area contributed by atoms with Crippen molar-refractivity contribution in [2.45, 2.75) is 32.9 Å². The lowest BCUT2D eigenvalue weighted by atomic mass is 9.99. The third kappa shape index (κ3) is 2.68. The Labute approximate surface area is 121 Å². The van der Waals surface area contributed by atoms with Crippen LogP contribution in [-0.2, 0) is 19.5 Å². The highest BCUT2D eigenvalue weighted by Crippen LogP contribution is 2.34. The Kier molecular flexibility index (Phi) is 3.70. The number of fused-ring (bicyclic) bond motifs is 1. The predicted molar refractivity (Wildman–Crippen MR) is 85.5 cm³/mol. The topological polar surface area (TPSA) is 12.0 Å². The maximum atomic E-state index is 4.17. The predicted octanol–water partition coefficient (Wildman–Crippen LogP) is 4.24. The number of hydrogen-bond donors (Lipinski definition) is 1. The summed E-state index contributed by atoms with van der Waals surface area (Å²) in [5, 5.41) is 3.53. The minimum atomic E-state index is 0.920. The molecule has 2 aromatic carbocycles. The van der Waals surface area contributed by atoms with Gasteiger partial charge in [0.1, 0.15) is 0 Å². The van der Waals surface area contributed by atoms with E-state index >= 15 is 0 Å². The van der Waals surface area contributed by atoms with Crippen molar-refractivity contribution in [3.05, 3.63) is 76.9 Å². The fraction of sp³-hybridized carbons (Fsp3) is 0.263. The van der Waals surface area contributed by atoms with E-state index in [2.05, 4.69) is 61.3 Å². The van der Waals surface area contributed by atoms with Crippen molar-refractivity contribution in [1.29, 1.82) is 0 Å². The summed E-state index contributed by atoms with van der Waals surface area (Å²) in [7, 11) is 0. The zero-order valence-corrected chi connectivity index (χ0v) is 12.1. The van der Waals surface area contributed by atoms with Gasteiger partial charge in [0, 0.05) is 13.1 Å². The lowest BCUT2D eigenvalue weighted by Crippen LogP contribution is -2.13. The smallest absolute Gasteiger partial charge is 0.0208 e. The Balaban J connectivity index is 1.67. The Morgan fingerprint density at radius 2 is 1.75 bits per heavy atom. The van der Waals surface area contributed by atoms with E-state index < -0.39 is 0 Å². The second-order valence-corrected chi connectivity index (χ2v) is 5.64. The molecule has 1 heteroatoms. The molecule has 0 atom stereocenters. The van der Waals surface area contributed by atoms with Gasteiger partial charge in [0.15, 0.2) is 0 Å². The van der Waals surface area contributed by atoms with Crippen LogP contribution in [-0.4, -0.2) is 0 Å². The van der Waals surface area contributed by atoms with Gasteiger partial charge in [-0.05, 0) is 53.2 Å². The van der Waals surface area contributed by atoms with E-state index in [1.54, 1.807) is 0 Å². The van der Waals surface area contributed by atoms with Gasteiger partial charge < -0.3 is 5.32 Å². The van der Waals surface area contributed by atoms with Gasteiger partial charge in [0.25, 0.3) is 0 Å². The lowest BCUT2D eigenvalue weighted by Gasteiger charge is -2.10. The largest absolute Gasteiger partial charge is 0.309 e. The van der Waals surface area contributed by atoms with Gasteiger partial charge in [0.05, 0.1) is 0 Å². The molecular weight excluding hydrogens is 242 g/mol. The number of rotatable bonds is 4. The van der Waals surface area contributed by atoms with Crippen LogP contribution < -0.4 is 5.32 Å². The summed E-state index contributed by atoms with van der Waals surface area (Å²) in [6.07, 6.45) is 2.28. The molecule has 0 aromatic heterocycles. The van der Waals surface area contributed by atoms with Crippen molar-refractivity contribution in [2.24, 2.45) is 0 Å². The third-order valence-electron chi connectivity index (χ3n) is 4.03. The van der Waals surface area contributed by atoms with E-state index in [9.17, 15) is 0 Å². The lowest BCUT2D eigenvalue weighted by molar-refractivity contribution is 0.692. The molecule has 0 aliphatic heterocycles. The molecule has 0 fully saturated rings. The standard InChI is InChI=1S/C19H21N/c1-14-8-9-18-11-17(10-15(2)19(14)18)13-20-12-16-6-4-3-5-7-16/h3-7,10-11,20H,1,8-9,12-13H2,2H3. The number of allylic oxidation sites excluding steroid dienone is 1.